The van der Waals surface area contributed by atoms with Gasteiger partial charge in [-0.2, -0.15) is 13.2 Å². The fourth-order valence-electron chi connectivity index (χ4n) is 2.07. The Kier molecular flexibility index (Phi) is 7.29. The summed E-state index contributed by atoms with van der Waals surface area (Å²) in [5.41, 5.74) is 3.69. The lowest BCUT2D eigenvalue weighted by atomic mass is 10.2. The molecule has 0 aliphatic rings. The monoisotopic (exact) mass is 443 g/mol. The normalized spacial score (nSPS) is 11.0. The lowest BCUT2D eigenvalue weighted by Crippen LogP contribution is -2.21. The molecule has 12 heteroatoms. The van der Waals surface area contributed by atoms with Crippen molar-refractivity contribution >= 4 is 33.4 Å². The number of nitrogens with one attached hydrogen (secondary N) is 1. The molecule has 3 aromatic rings. The quantitative estimate of drug-likeness (QED) is 0.413. The number of pyridine rings is 1. The number of nitrogens with zero attached hydrogens (tertiary/aromatic N) is 2. The molecule has 3 N–H and O–H groups in total. The SMILES string of the molecule is CC(C)Oc1ccc(-c2nc3ccc(C(=O)NO)cc3s2)cn1.O=C(O)C(F)(F)F. The van der Waals surface area contributed by atoms with Gasteiger partial charge in [0.05, 0.1) is 16.3 Å². The molecule has 0 aliphatic heterocycles. The number of hydroxylamine groups is 1. The number of hydrogen-bond donors (Lipinski definition) is 3. The van der Waals surface area contributed by atoms with Gasteiger partial charge in [-0.25, -0.2) is 20.2 Å². The van der Waals surface area contributed by atoms with Gasteiger partial charge in [0.1, 0.15) is 5.01 Å². The molecule has 2 aromatic heterocycles. The molecule has 1 amide bonds. The zero-order valence-electron chi connectivity index (χ0n) is 15.6. The van der Waals surface area contributed by atoms with Crippen LogP contribution in [0.1, 0.15) is 24.2 Å². The minimum atomic E-state index is -5.08. The molecule has 3 rings (SSSR count). The lowest BCUT2D eigenvalue weighted by Gasteiger charge is -2.07. The van der Waals surface area contributed by atoms with Crippen LogP contribution in [-0.2, 0) is 4.79 Å². The number of carbonyl (C=O) groups is 2. The number of carboxylic acids is 1. The first-order valence-electron chi connectivity index (χ1n) is 8.29. The number of hydrogen-bond acceptors (Lipinski definition) is 7. The molecule has 0 fully saturated rings. The molecule has 0 saturated carbocycles. The van der Waals surface area contributed by atoms with E-state index in [0.29, 0.717) is 11.4 Å². The van der Waals surface area contributed by atoms with E-state index in [1.54, 1.807) is 29.9 Å². The van der Waals surface area contributed by atoms with E-state index < -0.39 is 18.1 Å². The average Bonchev–Trinajstić information content (AvgIpc) is 3.10. The van der Waals surface area contributed by atoms with Gasteiger partial charge >= 0.3 is 12.1 Å². The van der Waals surface area contributed by atoms with E-state index in [-0.39, 0.29) is 6.10 Å². The molecule has 0 saturated heterocycles. The fourth-order valence-corrected chi connectivity index (χ4v) is 3.07. The van der Waals surface area contributed by atoms with Crippen LogP contribution in [0.3, 0.4) is 0 Å². The summed E-state index contributed by atoms with van der Waals surface area (Å²) in [6.07, 6.45) is -3.29. The second-order valence-electron chi connectivity index (χ2n) is 6.00. The van der Waals surface area contributed by atoms with Crippen LogP contribution in [0.2, 0.25) is 0 Å². The van der Waals surface area contributed by atoms with Crippen LogP contribution < -0.4 is 10.2 Å². The standard InChI is InChI=1S/C16H15N3O3S.C2HF3O2/c1-9(2)22-14-6-4-11(8-17-14)16-18-12-5-3-10(15(20)19-21)7-13(12)23-16;3-2(4,5)1(6)7/h3-9,21H,1-2H3,(H,19,20);(H,6,7). The number of benzene rings is 1. The Labute approximate surface area is 171 Å². The summed E-state index contributed by atoms with van der Waals surface area (Å²) in [6, 6.07) is 8.79. The number of thiazole rings is 1. The number of aliphatic carboxylic acids is 1. The van der Waals surface area contributed by atoms with E-state index in [1.807, 2.05) is 26.0 Å². The summed E-state index contributed by atoms with van der Waals surface area (Å²) in [5, 5.41) is 16.6. The van der Waals surface area contributed by atoms with E-state index in [2.05, 4.69) is 9.97 Å². The van der Waals surface area contributed by atoms with Crippen LogP contribution in [0.4, 0.5) is 13.2 Å². The van der Waals surface area contributed by atoms with Crippen molar-refractivity contribution in [2.24, 2.45) is 0 Å². The number of fused-ring (bicyclic) bond motifs is 1. The van der Waals surface area contributed by atoms with Gasteiger partial charge in [0.25, 0.3) is 5.91 Å². The van der Waals surface area contributed by atoms with E-state index in [4.69, 9.17) is 19.8 Å². The van der Waals surface area contributed by atoms with Gasteiger partial charge in [0, 0.05) is 23.4 Å². The number of amides is 1. The highest BCUT2D eigenvalue weighted by molar-refractivity contribution is 7.21. The maximum absolute atomic E-state index is 11.5. The second kappa shape index (κ2) is 9.50. The third-order valence-corrected chi connectivity index (χ3v) is 4.40. The smallest absolute Gasteiger partial charge is 0.475 e. The van der Waals surface area contributed by atoms with E-state index in [9.17, 15) is 18.0 Å². The van der Waals surface area contributed by atoms with Gasteiger partial charge in [-0.3, -0.25) is 10.0 Å². The maximum Gasteiger partial charge on any atom is 0.490 e. The van der Waals surface area contributed by atoms with Crippen LogP contribution in [0.15, 0.2) is 36.5 Å². The van der Waals surface area contributed by atoms with E-state index >= 15 is 0 Å². The second-order valence-corrected chi connectivity index (χ2v) is 7.03. The van der Waals surface area contributed by atoms with E-state index in [1.165, 1.54) is 11.3 Å². The lowest BCUT2D eigenvalue weighted by molar-refractivity contribution is -0.192. The third kappa shape index (κ3) is 6.12. The number of aromatic nitrogens is 2. The van der Waals surface area contributed by atoms with Gasteiger partial charge in [0.15, 0.2) is 0 Å². The molecule has 0 unspecified atom stereocenters. The Balaban J connectivity index is 0.000000396. The summed E-state index contributed by atoms with van der Waals surface area (Å²) in [4.78, 5) is 29.2. The molecule has 0 bridgehead atoms. The van der Waals surface area contributed by atoms with Crippen molar-refractivity contribution in [2.45, 2.75) is 26.1 Å². The fraction of sp³-hybridized carbons (Fsp3) is 0.222. The van der Waals surface area contributed by atoms with Gasteiger partial charge in [0.2, 0.25) is 5.88 Å². The highest BCUT2D eigenvalue weighted by Gasteiger charge is 2.38. The number of alkyl halides is 3. The molecule has 1 aromatic carbocycles. The van der Waals surface area contributed by atoms with E-state index in [0.717, 1.165) is 20.8 Å². The Morgan fingerprint density at radius 2 is 1.87 bits per heavy atom. The van der Waals surface area contributed by atoms with Crippen LogP contribution >= 0.6 is 11.3 Å². The topological polar surface area (TPSA) is 122 Å². The highest BCUT2D eigenvalue weighted by Crippen LogP contribution is 2.31. The number of carbonyl (C=O) groups excluding carboxylic acids is 1. The van der Waals surface area contributed by atoms with Crippen molar-refractivity contribution in [2.75, 3.05) is 0 Å². The van der Waals surface area contributed by atoms with Crippen molar-refractivity contribution in [1.29, 1.82) is 0 Å². The van der Waals surface area contributed by atoms with Crippen LogP contribution in [0.5, 0.6) is 5.88 Å². The van der Waals surface area contributed by atoms with Gasteiger partial charge in [-0.15, -0.1) is 11.3 Å². The molecule has 160 valence electrons. The Bertz CT molecular complexity index is 1040. The average molecular weight is 443 g/mol. The van der Waals surface area contributed by atoms with Crippen molar-refractivity contribution in [1.82, 2.24) is 15.4 Å². The predicted octanol–water partition coefficient (Wildman–Crippen LogP) is 3.90. The Morgan fingerprint density at radius 1 is 1.20 bits per heavy atom. The summed E-state index contributed by atoms with van der Waals surface area (Å²) < 4.78 is 38.1. The van der Waals surface area contributed by atoms with Crippen molar-refractivity contribution in [3.8, 4) is 16.5 Å². The minimum Gasteiger partial charge on any atom is -0.475 e. The zero-order valence-corrected chi connectivity index (χ0v) is 16.4. The summed E-state index contributed by atoms with van der Waals surface area (Å²) >= 11 is 1.46. The first-order chi connectivity index (χ1) is 14.0. The van der Waals surface area contributed by atoms with Crippen LogP contribution in [0, 0.1) is 0 Å². The summed E-state index contributed by atoms with van der Waals surface area (Å²) in [5.74, 6) is -2.72. The number of ether oxygens (including phenoxy) is 1. The molecule has 2 heterocycles. The summed E-state index contributed by atoms with van der Waals surface area (Å²) in [6.45, 7) is 3.90. The summed E-state index contributed by atoms with van der Waals surface area (Å²) in [7, 11) is 0. The Morgan fingerprint density at radius 3 is 2.37 bits per heavy atom. The van der Waals surface area contributed by atoms with Crippen molar-refractivity contribution in [3.05, 3.63) is 42.1 Å². The molecule has 0 atom stereocenters. The molecular weight excluding hydrogens is 427 g/mol. The van der Waals surface area contributed by atoms with Gasteiger partial charge in [-0.05, 0) is 38.1 Å². The molecule has 0 spiro atoms. The minimum absolute atomic E-state index is 0.0758. The van der Waals surface area contributed by atoms with Gasteiger partial charge in [-0.1, -0.05) is 0 Å². The zero-order chi connectivity index (χ0) is 22.5. The Hall–Kier alpha value is -3.25. The number of halogens is 3. The molecule has 8 nitrogen and oxygen atoms in total. The number of carboxylic acid groups (broad SMARTS) is 1. The van der Waals surface area contributed by atoms with Crippen LogP contribution in [0.25, 0.3) is 20.8 Å². The largest absolute Gasteiger partial charge is 0.490 e. The van der Waals surface area contributed by atoms with Crippen molar-refractivity contribution in [3.63, 3.8) is 0 Å². The highest BCUT2D eigenvalue weighted by atomic mass is 32.1. The first-order valence-corrected chi connectivity index (χ1v) is 9.11. The van der Waals surface area contributed by atoms with Crippen molar-refractivity contribution < 1.29 is 37.8 Å². The third-order valence-electron chi connectivity index (χ3n) is 3.33. The predicted molar refractivity (Wildman–Crippen MR) is 102 cm³/mol. The first kappa shape index (κ1) is 23.0. The molecule has 0 radical (unpaired) electrons. The maximum atomic E-state index is 11.5. The molecule has 30 heavy (non-hydrogen) atoms. The van der Waals surface area contributed by atoms with Crippen LogP contribution in [-0.4, -0.2) is 44.4 Å². The molecule has 0 aliphatic carbocycles. The molecular formula is C18H16F3N3O5S. The number of rotatable bonds is 4. The van der Waals surface area contributed by atoms with Gasteiger partial charge < -0.3 is 9.84 Å².